The minimum atomic E-state index is -1.69. The summed E-state index contributed by atoms with van der Waals surface area (Å²) in [5.41, 5.74) is 4.89. The summed E-state index contributed by atoms with van der Waals surface area (Å²) < 4.78 is 2.74. The molecule has 0 radical (unpaired) electrons. The van der Waals surface area contributed by atoms with E-state index in [0.29, 0.717) is 0 Å². The Morgan fingerprint density at radius 3 is 2.35 bits per heavy atom. The first-order valence-corrected chi connectivity index (χ1v) is 12.4. The van der Waals surface area contributed by atoms with Crippen molar-refractivity contribution in [1.82, 2.24) is 2.51 Å². The number of hydrogen-bond donors (Lipinski definition) is 0. The molecule has 1 nitrogen and oxygen atoms in total. The van der Waals surface area contributed by atoms with Crippen LogP contribution in [0.25, 0.3) is 16.0 Å². The molecule has 0 aliphatic heterocycles. The molecule has 0 spiro atoms. The normalized spacial score (nSPS) is 15.6. The third kappa shape index (κ3) is 2.86. The van der Waals surface area contributed by atoms with Crippen LogP contribution in [0.4, 0.5) is 0 Å². The molecule has 1 aliphatic carbocycles. The number of rotatable bonds is 2. The molecule has 0 heterocycles. The Balaban J connectivity index is 2.24. The predicted molar refractivity (Wildman–Crippen MR) is 99.3 cm³/mol. The van der Waals surface area contributed by atoms with Gasteiger partial charge in [-0.05, 0) is 0 Å². The Bertz CT molecular complexity index is 799. The zero-order valence-corrected chi connectivity index (χ0v) is 18.6. The maximum absolute atomic E-state index is 2.74. The molecule has 0 N–H and O–H groups in total. The number of fused-ring (bicyclic) bond motifs is 3. The molecule has 2 aromatic carbocycles. The van der Waals surface area contributed by atoms with E-state index in [0.717, 1.165) is 6.42 Å². The van der Waals surface area contributed by atoms with Gasteiger partial charge < -0.3 is 0 Å². The van der Waals surface area contributed by atoms with Crippen molar-refractivity contribution in [3.8, 4) is 0 Å². The first-order chi connectivity index (χ1) is 10.6. The first kappa shape index (κ1) is 17.3. The van der Waals surface area contributed by atoms with Crippen molar-refractivity contribution in [3.63, 3.8) is 0 Å². The molecule has 119 valence electrons. The summed E-state index contributed by atoms with van der Waals surface area (Å²) in [6.07, 6.45) is 1.12. The van der Waals surface area contributed by atoms with E-state index in [1.807, 2.05) is 0 Å². The third-order valence-corrected chi connectivity index (χ3v) is 14.4. The first-order valence-electron chi connectivity index (χ1n) is 8.37. The summed E-state index contributed by atoms with van der Waals surface area (Å²) in [5.74, 6) is 0. The van der Waals surface area contributed by atoms with Gasteiger partial charge in [0, 0.05) is 0 Å². The van der Waals surface area contributed by atoms with Crippen molar-refractivity contribution in [2.45, 2.75) is 52.7 Å². The number of hydrogen-bond acceptors (Lipinski definition) is 1. The summed E-state index contributed by atoms with van der Waals surface area (Å²) in [4.78, 5) is 0. The van der Waals surface area contributed by atoms with Crippen LogP contribution in [-0.2, 0) is 31.4 Å². The quantitative estimate of drug-likeness (QED) is 0.605. The van der Waals surface area contributed by atoms with Gasteiger partial charge in [-0.2, -0.15) is 0 Å². The van der Waals surface area contributed by atoms with Crippen molar-refractivity contribution < 1.29 is 25.0 Å². The molecule has 0 amide bonds. The Labute approximate surface area is 157 Å². The van der Waals surface area contributed by atoms with Crippen LogP contribution in [0.5, 0.6) is 0 Å². The van der Waals surface area contributed by atoms with Gasteiger partial charge in [0.2, 0.25) is 0 Å². The van der Waals surface area contributed by atoms with Gasteiger partial charge in [0.1, 0.15) is 0 Å². The molecule has 0 fully saturated rings. The molecule has 0 saturated carbocycles. The van der Waals surface area contributed by atoms with Crippen LogP contribution in [0.2, 0.25) is 13.1 Å². The summed E-state index contributed by atoms with van der Waals surface area (Å²) >= 11 is 1.54. The van der Waals surface area contributed by atoms with Crippen LogP contribution < -0.4 is 0 Å². The van der Waals surface area contributed by atoms with E-state index in [1.165, 1.54) is 41.3 Å². The average molecular weight is 400 g/mol. The molecule has 0 atom stereocenters. The molecular weight excluding hydrogens is 374 g/mol. The molecule has 1 aliphatic rings. The zero-order valence-electron chi connectivity index (χ0n) is 15.1. The van der Waals surface area contributed by atoms with Crippen molar-refractivity contribution in [2.24, 2.45) is 0 Å². The molecular formula is C20H26NSiZr. The molecule has 23 heavy (non-hydrogen) atoms. The van der Waals surface area contributed by atoms with E-state index in [4.69, 9.17) is 0 Å². The Morgan fingerprint density at radius 2 is 1.70 bits per heavy atom. The summed E-state index contributed by atoms with van der Waals surface area (Å²) in [7, 11) is -1.69. The summed E-state index contributed by atoms with van der Waals surface area (Å²) in [6.45, 7) is 14.5. The number of allylic oxidation sites excluding steroid dienone is 1. The monoisotopic (exact) mass is 398 g/mol. The number of benzene rings is 2. The van der Waals surface area contributed by atoms with Crippen LogP contribution >= 0.6 is 0 Å². The maximum atomic E-state index is 2.74. The molecule has 0 saturated heterocycles. The van der Waals surface area contributed by atoms with Crippen LogP contribution in [0, 0.1) is 0 Å². The average Bonchev–Trinajstić information content (AvgIpc) is 2.82. The third-order valence-electron chi connectivity index (χ3n) is 4.99. The SMILES string of the molecule is CC1=C([Si](C)(C)[N]([Zr])C(C)(C)C)c2c(ccc3ccccc23)C1. The van der Waals surface area contributed by atoms with E-state index in [9.17, 15) is 0 Å². The molecule has 0 aromatic heterocycles. The van der Waals surface area contributed by atoms with Gasteiger partial charge in [-0.3, -0.25) is 0 Å². The van der Waals surface area contributed by atoms with Gasteiger partial charge in [-0.15, -0.1) is 0 Å². The van der Waals surface area contributed by atoms with E-state index >= 15 is 0 Å². The second kappa shape index (κ2) is 5.79. The van der Waals surface area contributed by atoms with Gasteiger partial charge in [-0.25, -0.2) is 0 Å². The topological polar surface area (TPSA) is 3.24 Å². The molecule has 3 heteroatoms. The standard InChI is InChI=1S/C20H26NSi.Zr/c1-14-13-16-12-11-15-9-7-8-10-17(15)18(16)19(14)22(5,6)21-20(2,3)4;/h7-12H,13H2,1-6H3;/q-1;+1. The second-order valence-corrected chi connectivity index (χ2v) is 14.5. The van der Waals surface area contributed by atoms with Gasteiger partial charge in [0.15, 0.2) is 0 Å². The summed E-state index contributed by atoms with van der Waals surface area (Å²) in [5, 5.41) is 4.49. The molecule has 0 unspecified atom stereocenters. The number of nitrogens with zero attached hydrogens (tertiary/aromatic N) is 1. The molecule has 3 rings (SSSR count). The van der Waals surface area contributed by atoms with Gasteiger partial charge in [0.05, 0.1) is 0 Å². The fraction of sp³-hybridized carbons (Fsp3) is 0.400. The van der Waals surface area contributed by atoms with Crippen LogP contribution in [0.1, 0.15) is 38.8 Å². The van der Waals surface area contributed by atoms with Crippen molar-refractivity contribution in [1.29, 1.82) is 0 Å². The van der Waals surface area contributed by atoms with Crippen molar-refractivity contribution in [3.05, 3.63) is 53.1 Å². The van der Waals surface area contributed by atoms with E-state index in [2.05, 4.69) is 79.7 Å². The summed E-state index contributed by atoms with van der Waals surface area (Å²) in [6, 6.07) is 13.5. The Kier molecular flexibility index (Phi) is 4.36. The Hall–Kier alpha value is -0.500. The minimum absolute atomic E-state index is 0.231. The van der Waals surface area contributed by atoms with Crippen molar-refractivity contribution >= 4 is 24.2 Å². The van der Waals surface area contributed by atoms with Crippen LogP contribution in [0.15, 0.2) is 42.0 Å². The molecule has 0 bridgehead atoms. The zero-order chi connectivity index (χ0) is 17.0. The van der Waals surface area contributed by atoms with Gasteiger partial charge in [-0.1, -0.05) is 0 Å². The molecule has 2 aromatic rings. The van der Waals surface area contributed by atoms with E-state index < -0.39 is 8.24 Å². The predicted octanol–water partition coefficient (Wildman–Crippen LogP) is 5.48. The Morgan fingerprint density at radius 1 is 1.04 bits per heavy atom. The van der Waals surface area contributed by atoms with E-state index in [-0.39, 0.29) is 5.54 Å². The fourth-order valence-corrected chi connectivity index (χ4v) is 8.89. The van der Waals surface area contributed by atoms with Gasteiger partial charge in [0.25, 0.3) is 0 Å². The van der Waals surface area contributed by atoms with Gasteiger partial charge >= 0.3 is 158 Å². The second-order valence-electron chi connectivity index (χ2n) is 8.22. The van der Waals surface area contributed by atoms with Crippen molar-refractivity contribution in [2.75, 3.05) is 0 Å². The van der Waals surface area contributed by atoms with Crippen LogP contribution in [0.3, 0.4) is 0 Å². The van der Waals surface area contributed by atoms with Crippen LogP contribution in [-0.4, -0.2) is 16.3 Å². The van der Waals surface area contributed by atoms with E-state index in [1.54, 1.807) is 16.3 Å². The fourth-order valence-electron chi connectivity index (χ4n) is 4.13.